The first-order valence-electron chi connectivity index (χ1n) is 8.97. The predicted octanol–water partition coefficient (Wildman–Crippen LogP) is 3.41. The summed E-state index contributed by atoms with van der Waals surface area (Å²) in [5, 5.41) is 2.89. The van der Waals surface area contributed by atoms with E-state index in [4.69, 9.17) is 14.2 Å². The summed E-state index contributed by atoms with van der Waals surface area (Å²) in [6.07, 6.45) is 1.05. The standard InChI is InChI=1S/C21H25NO4/c1-4-24-19-10-16-9-15(3)26-20(16)11-17(19)12-22-21(23)13-25-18-8-6-5-7-14(18)2/h5-8,10-11,15H,4,9,12-13H2,1-3H3,(H,22,23)/t15-/m1/s1. The van der Waals surface area contributed by atoms with E-state index in [0.29, 0.717) is 13.2 Å². The molecule has 138 valence electrons. The maximum absolute atomic E-state index is 12.1. The number of aryl methyl sites for hydroxylation is 1. The topological polar surface area (TPSA) is 56.8 Å². The SMILES string of the molecule is CCOc1cc2c(cc1CNC(=O)COc1ccccc1C)O[C@H](C)C2. The first-order valence-corrected chi connectivity index (χ1v) is 8.97. The zero-order valence-corrected chi connectivity index (χ0v) is 15.5. The highest BCUT2D eigenvalue weighted by Crippen LogP contribution is 2.35. The van der Waals surface area contributed by atoms with Crippen LogP contribution in [0.3, 0.4) is 0 Å². The Hall–Kier alpha value is -2.69. The molecule has 0 unspecified atom stereocenters. The molecular formula is C21H25NO4. The molecule has 1 N–H and O–H groups in total. The summed E-state index contributed by atoms with van der Waals surface area (Å²) in [5.74, 6) is 2.22. The Kier molecular flexibility index (Phi) is 5.66. The van der Waals surface area contributed by atoms with Crippen molar-refractivity contribution in [3.8, 4) is 17.2 Å². The van der Waals surface area contributed by atoms with Crippen LogP contribution in [0.1, 0.15) is 30.5 Å². The first-order chi connectivity index (χ1) is 12.6. The average Bonchev–Trinajstić information content (AvgIpc) is 2.98. The first kappa shape index (κ1) is 18.1. The summed E-state index contributed by atoms with van der Waals surface area (Å²) in [5.41, 5.74) is 3.06. The number of hydrogen-bond donors (Lipinski definition) is 1. The molecule has 1 heterocycles. The Balaban J connectivity index is 1.61. The van der Waals surface area contributed by atoms with Crippen molar-refractivity contribution in [3.05, 3.63) is 53.1 Å². The lowest BCUT2D eigenvalue weighted by Crippen LogP contribution is -2.28. The quantitative estimate of drug-likeness (QED) is 0.827. The van der Waals surface area contributed by atoms with Gasteiger partial charge in [0.1, 0.15) is 23.4 Å². The van der Waals surface area contributed by atoms with Crippen LogP contribution in [0.2, 0.25) is 0 Å². The van der Waals surface area contributed by atoms with Crippen LogP contribution in [0.5, 0.6) is 17.2 Å². The van der Waals surface area contributed by atoms with Crippen LogP contribution in [-0.2, 0) is 17.8 Å². The third kappa shape index (κ3) is 4.28. The predicted molar refractivity (Wildman–Crippen MR) is 99.9 cm³/mol. The molecule has 0 saturated carbocycles. The number of hydrogen-bond acceptors (Lipinski definition) is 4. The van der Waals surface area contributed by atoms with Crippen LogP contribution < -0.4 is 19.5 Å². The molecule has 0 spiro atoms. The zero-order valence-electron chi connectivity index (χ0n) is 15.5. The number of benzene rings is 2. The average molecular weight is 355 g/mol. The van der Waals surface area contributed by atoms with Gasteiger partial charge in [-0.25, -0.2) is 0 Å². The monoisotopic (exact) mass is 355 g/mol. The number of para-hydroxylation sites is 1. The Labute approximate surface area is 154 Å². The summed E-state index contributed by atoms with van der Waals surface area (Å²) in [4.78, 5) is 12.1. The van der Waals surface area contributed by atoms with E-state index in [0.717, 1.165) is 40.4 Å². The summed E-state index contributed by atoms with van der Waals surface area (Å²) in [7, 11) is 0. The highest BCUT2D eigenvalue weighted by atomic mass is 16.5. The van der Waals surface area contributed by atoms with Crippen molar-refractivity contribution in [2.75, 3.05) is 13.2 Å². The summed E-state index contributed by atoms with van der Waals surface area (Å²) < 4.78 is 17.1. The second-order valence-corrected chi connectivity index (χ2v) is 6.46. The lowest BCUT2D eigenvalue weighted by molar-refractivity contribution is -0.123. The number of carbonyl (C=O) groups excluding carboxylic acids is 1. The molecule has 0 bridgehead atoms. The van der Waals surface area contributed by atoms with Gasteiger partial charge in [-0.3, -0.25) is 4.79 Å². The van der Waals surface area contributed by atoms with Crippen LogP contribution >= 0.6 is 0 Å². The second kappa shape index (κ2) is 8.13. The van der Waals surface area contributed by atoms with Crippen molar-refractivity contribution in [1.29, 1.82) is 0 Å². The molecule has 5 nitrogen and oxygen atoms in total. The largest absolute Gasteiger partial charge is 0.494 e. The minimum Gasteiger partial charge on any atom is -0.494 e. The van der Waals surface area contributed by atoms with E-state index in [1.165, 1.54) is 0 Å². The van der Waals surface area contributed by atoms with E-state index in [2.05, 4.69) is 5.32 Å². The summed E-state index contributed by atoms with van der Waals surface area (Å²) >= 11 is 0. The molecule has 0 fully saturated rings. The molecule has 1 aliphatic rings. The molecule has 3 rings (SSSR count). The van der Waals surface area contributed by atoms with Crippen LogP contribution in [-0.4, -0.2) is 25.2 Å². The highest BCUT2D eigenvalue weighted by Gasteiger charge is 2.22. The van der Waals surface area contributed by atoms with Gasteiger partial charge in [0, 0.05) is 24.1 Å². The van der Waals surface area contributed by atoms with E-state index >= 15 is 0 Å². The smallest absolute Gasteiger partial charge is 0.258 e. The minimum atomic E-state index is -0.175. The van der Waals surface area contributed by atoms with Gasteiger partial charge in [0.25, 0.3) is 5.91 Å². The van der Waals surface area contributed by atoms with Gasteiger partial charge in [-0.2, -0.15) is 0 Å². The lowest BCUT2D eigenvalue weighted by Gasteiger charge is -2.14. The minimum absolute atomic E-state index is 0.0205. The Bertz CT molecular complexity index is 788. The number of carbonyl (C=O) groups is 1. The highest BCUT2D eigenvalue weighted by molar-refractivity contribution is 5.77. The number of ether oxygens (including phenoxy) is 3. The third-order valence-electron chi connectivity index (χ3n) is 4.31. The Morgan fingerprint density at radius 2 is 2.04 bits per heavy atom. The number of rotatable bonds is 7. The van der Waals surface area contributed by atoms with Crippen LogP contribution in [0.15, 0.2) is 36.4 Å². The maximum atomic E-state index is 12.1. The van der Waals surface area contributed by atoms with Gasteiger partial charge in [0.2, 0.25) is 0 Å². The molecule has 5 heteroatoms. The molecule has 0 aliphatic carbocycles. The Morgan fingerprint density at radius 3 is 2.81 bits per heavy atom. The molecule has 0 saturated heterocycles. The van der Waals surface area contributed by atoms with Crippen LogP contribution in [0.4, 0.5) is 0 Å². The van der Waals surface area contributed by atoms with E-state index < -0.39 is 0 Å². The van der Waals surface area contributed by atoms with Gasteiger partial charge in [-0.05, 0) is 44.5 Å². The molecule has 1 aliphatic heterocycles. The van der Waals surface area contributed by atoms with Crippen molar-refractivity contribution in [2.24, 2.45) is 0 Å². The molecule has 26 heavy (non-hydrogen) atoms. The van der Waals surface area contributed by atoms with Gasteiger partial charge < -0.3 is 19.5 Å². The van der Waals surface area contributed by atoms with E-state index in [1.807, 2.05) is 57.2 Å². The molecular weight excluding hydrogens is 330 g/mol. The van der Waals surface area contributed by atoms with Crippen molar-refractivity contribution in [3.63, 3.8) is 0 Å². The third-order valence-corrected chi connectivity index (χ3v) is 4.31. The van der Waals surface area contributed by atoms with E-state index in [-0.39, 0.29) is 18.6 Å². The van der Waals surface area contributed by atoms with Crippen LogP contribution in [0.25, 0.3) is 0 Å². The van der Waals surface area contributed by atoms with Crippen molar-refractivity contribution < 1.29 is 19.0 Å². The zero-order chi connectivity index (χ0) is 18.5. The summed E-state index contributed by atoms with van der Waals surface area (Å²) in [6.45, 7) is 6.87. The van der Waals surface area contributed by atoms with Crippen molar-refractivity contribution >= 4 is 5.91 Å². The number of amides is 1. The fourth-order valence-electron chi connectivity index (χ4n) is 3.02. The second-order valence-electron chi connectivity index (χ2n) is 6.46. The van der Waals surface area contributed by atoms with Gasteiger partial charge in [0.15, 0.2) is 6.61 Å². The van der Waals surface area contributed by atoms with E-state index in [1.54, 1.807) is 0 Å². The molecule has 0 radical (unpaired) electrons. The van der Waals surface area contributed by atoms with Gasteiger partial charge in [-0.1, -0.05) is 18.2 Å². The number of nitrogens with one attached hydrogen (secondary N) is 1. The lowest BCUT2D eigenvalue weighted by atomic mass is 10.1. The molecule has 0 aromatic heterocycles. The van der Waals surface area contributed by atoms with Gasteiger partial charge in [-0.15, -0.1) is 0 Å². The molecule has 2 aromatic rings. The van der Waals surface area contributed by atoms with Crippen LogP contribution in [0, 0.1) is 6.92 Å². The van der Waals surface area contributed by atoms with Crippen molar-refractivity contribution in [1.82, 2.24) is 5.32 Å². The maximum Gasteiger partial charge on any atom is 0.258 e. The molecule has 1 atom stereocenters. The molecule has 1 amide bonds. The Morgan fingerprint density at radius 1 is 1.23 bits per heavy atom. The van der Waals surface area contributed by atoms with Gasteiger partial charge in [0.05, 0.1) is 6.61 Å². The summed E-state index contributed by atoms with van der Waals surface area (Å²) in [6, 6.07) is 11.6. The van der Waals surface area contributed by atoms with E-state index in [9.17, 15) is 4.79 Å². The fourth-order valence-corrected chi connectivity index (χ4v) is 3.02. The fraction of sp³-hybridized carbons (Fsp3) is 0.381. The van der Waals surface area contributed by atoms with Crippen molar-refractivity contribution in [2.45, 2.75) is 39.8 Å². The number of fused-ring (bicyclic) bond motifs is 1. The normalized spacial score (nSPS) is 15.1. The van der Waals surface area contributed by atoms with Gasteiger partial charge >= 0.3 is 0 Å². The molecule has 2 aromatic carbocycles.